The molecule has 0 amide bonds. The van der Waals surface area contributed by atoms with E-state index >= 15 is 0 Å². The van der Waals surface area contributed by atoms with Crippen LogP contribution in [0.2, 0.25) is 5.02 Å². The van der Waals surface area contributed by atoms with Crippen LogP contribution < -0.4 is 5.73 Å². The molecule has 0 aliphatic rings. The van der Waals surface area contributed by atoms with Crippen LogP contribution in [0.5, 0.6) is 0 Å². The first-order valence-corrected chi connectivity index (χ1v) is 6.36. The molecule has 0 aliphatic heterocycles. The lowest BCUT2D eigenvalue weighted by Gasteiger charge is -2.10. The van der Waals surface area contributed by atoms with E-state index < -0.39 is 0 Å². The first kappa shape index (κ1) is 13.1. The summed E-state index contributed by atoms with van der Waals surface area (Å²) in [5.74, 6) is 0. The van der Waals surface area contributed by atoms with Gasteiger partial charge in [0.2, 0.25) is 0 Å². The van der Waals surface area contributed by atoms with Gasteiger partial charge >= 0.3 is 0 Å². The number of halogens is 1. The van der Waals surface area contributed by atoms with Gasteiger partial charge in [-0.2, -0.15) is 5.10 Å². The van der Waals surface area contributed by atoms with Gasteiger partial charge in [0.25, 0.3) is 0 Å². The maximum atomic E-state index is 6.26. The molecule has 2 aromatic heterocycles. The second-order valence-electron chi connectivity index (χ2n) is 4.44. The van der Waals surface area contributed by atoms with Crippen molar-refractivity contribution in [2.24, 2.45) is 12.8 Å². The summed E-state index contributed by atoms with van der Waals surface area (Å²) in [6.45, 7) is 4.74. The summed E-state index contributed by atoms with van der Waals surface area (Å²) in [6, 6.07) is -0.162. The van der Waals surface area contributed by atoms with Crippen LogP contribution in [0.3, 0.4) is 0 Å². The molecule has 2 N–H and O–H groups in total. The largest absolute Gasteiger partial charge is 0.340 e. The van der Waals surface area contributed by atoms with E-state index in [9.17, 15) is 0 Å². The Kier molecular flexibility index (Phi) is 3.73. The van der Waals surface area contributed by atoms with Crippen LogP contribution in [-0.4, -0.2) is 19.3 Å². The monoisotopic (exact) mass is 267 g/mol. The van der Waals surface area contributed by atoms with Crippen molar-refractivity contribution in [3.63, 3.8) is 0 Å². The van der Waals surface area contributed by atoms with Crippen molar-refractivity contribution in [2.45, 2.75) is 32.9 Å². The van der Waals surface area contributed by atoms with Crippen molar-refractivity contribution in [1.82, 2.24) is 19.3 Å². The molecule has 2 rings (SSSR count). The summed E-state index contributed by atoms with van der Waals surface area (Å²) in [7, 11) is 1.93. The van der Waals surface area contributed by atoms with Crippen molar-refractivity contribution < 1.29 is 0 Å². The Balaban J connectivity index is 2.23. The zero-order valence-electron chi connectivity index (χ0n) is 10.9. The molecule has 0 bridgehead atoms. The van der Waals surface area contributed by atoms with Crippen molar-refractivity contribution in [3.8, 4) is 0 Å². The molecule has 0 radical (unpaired) electrons. The van der Waals surface area contributed by atoms with Gasteiger partial charge < -0.3 is 10.3 Å². The van der Waals surface area contributed by atoms with E-state index in [0.717, 1.165) is 23.6 Å². The Labute approximate surface area is 112 Å². The average molecular weight is 268 g/mol. The lowest BCUT2D eigenvalue weighted by molar-refractivity contribution is 0.583. The summed E-state index contributed by atoms with van der Waals surface area (Å²) in [6.07, 6.45) is 4.32. The number of imidazole rings is 1. The highest BCUT2D eigenvalue weighted by molar-refractivity contribution is 6.31. The van der Waals surface area contributed by atoms with Gasteiger partial charge in [-0.15, -0.1) is 0 Å². The normalized spacial score (nSPS) is 12.9. The smallest absolute Gasteiger partial charge is 0.0947 e. The van der Waals surface area contributed by atoms with E-state index in [1.54, 1.807) is 6.33 Å². The molecule has 6 heteroatoms. The first-order chi connectivity index (χ1) is 8.52. The lowest BCUT2D eigenvalue weighted by Crippen LogP contribution is -2.16. The number of aromatic nitrogens is 4. The Hall–Kier alpha value is -1.33. The summed E-state index contributed by atoms with van der Waals surface area (Å²) in [5, 5.41) is 5.10. The Bertz CT molecular complexity index is 543. The van der Waals surface area contributed by atoms with Crippen molar-refractivity contribution >= 4 is 11.6 Å². The third-order valence-electron chi connectivity index (χ3n) is 2.97. The highest BCUT2D eigenvalue weighted by Gasteiger charge is 2.17. The third-order valence-corrected chi connectivity index (χ3v) is 3.46. The van der Waals surface area contributed by atoms with Crippen LogP contribution in [0.1, 0.15) is 30.0 Å². The Morgan fingerprint density at radius 3 is 2.78 bits per heavy atom. The standard InChI is InChI=1S/C12H18ClN5/c1-4-18-11(12(13)8(2)16-18)5-9(14)10-6-17(3)7-15-10/h6-7,9H,4-5,14H2,1-3H3. The molecule has 5 nitrogen and oxygen atoms in total. The molecule has 2 aromatic rings. The molecule has 0 aliphatic carbocycles. The highest BCUT2D eigenvalue weighted by Crippen LogP contribution is 2.24. The maximum absolute atomic E-state index is 6.26. The third kappa shape index (κ3) is 2.42. The molecule has 0 spiro atoms. The van der Waals surface area contributed by atoms with E-state index in [0.29, 0.717) is 11.4 Å². The fraction of sp³-hybridized carbons (Fsp3) is 0.500. The molecule has 18 heavy (non-hydrogen) atoms. The summed E-state index contributed by atoms with van der Waals surface area (Å²) in [5.41, 5.74) is 8.87. The lowest BCUT2D eigenvalue weighted by atomic mass is 10.1. The number of rotatable bonds is 4. The number of nitrogens with two attached hydrogens (primary N) is 1. The van der Waals surface area contributed by atoms with Crippen LogP contribution in [0.15, 0.2) is 12.5 Å². The van der Waals surface area contributed by atoms with Crippen molar-refractivity contribution in [3.05, 3.63) is 34.6 Å². The molecular formula is C12H18ClN5. The topological polar surface area (TPSA) is 61.7 Å². The molecule has 2 heterocycles. The SMILES string of the molecule is CCn1nc(C)c(Cl)c1CC(N)c1cn(C)cn1. The molecular weight excluding hydrogens is 250 g/mol. The van der Waals surface area contributed by atoms with Gasteiger partial charge in [-0.1, -0.05) is 11.6 Å². The maximum Gasteiger partial charge on any atom is 0.0947 e. The first-order valence-electron chi connectivity index (χ1n) is 5.98. The van der Waals surface area contributed by atoms with Gasteiger partial charge in [-0.05, 0) is 13.8 Å². The second kappa shape index (κ2) is 5.12. The minimum atomic E-state index is -0.162. The predicted octanol–water partition coefficient (Wildman–Crippen LogP) is 1.84. The predicted molar refractivity (Wildman–Crippen MR) is 71.5 cm³/mol. The van der Waals surface area contributed by atoms with E-state index in [1.807, 2.05) is 36.3 Å². The minimum absolute atomic E-state index is 0.162. The summed E-state index contributed by atoms with van der Waals surface area (Å²) >= 11 is 6.26. The van der Waals surface area contributed by atoms with Gasteiger partial charge in [0, 0.05) is 26.2 Å². The molecule has 1 atom stereocenters. The minimum Gasteiger partial charge on any atom is -0.340 e. The Morgan fingerprint density at radius 2 is 2.22 bits per heavy atom. The quantitative estimate of drug-likeness (QED) is 0.919. The van der Waals surface area contributed by atoms with E-state index in [-0.39, 0.29) is 6.04 Å². The zero-order chi connectivity index (χ0) is 13.3. The number of hydrogen-bond acceptors (Lipinski definition) is 3. The van der Waals surface area contributed by atoms with E-state index in [1.165, 1.54) is 0 Å². The van der Waals surface area contributed by atoms with Crippen LogP contribution in [0, 0.1) is 6.92 Å². The Morgan fingerprint density at radius 1 is 1.50 bits per heavy atom. The molecule has 1 unspecified atom stereocenters. The molecule has 0 fully saturated rings. The van der Waals surface area contributed by atoms with Crippen molar-refractivity contribution in [1.29, 1.82) is 0 Å². The average Bonchev–Trinajstić information content (AvgIpc) is 2.88. The molecule has 0 aromatic carbocycles. The number of aryl methyl sites for hydroxylation is 3. The summed E-state index contributed by atoms with van der Waals surface area (Å²) in [4.78, 5) is 4.27. The second-order valence-corrected chi connectivity index (χ2v) is 4.81. The van der Waals surface area contributed by atoms with Gasteiger partial charge in [0.1, 0.15) is 0 Å². The van der Waals surface area contributed by atoms with E-state index in [2.05, 4.69) is 10.1 Å². The van der Waals surface area contributed by atoms with Gasteiger partial charge in [0.05, 0.1) is 34.5 Å². The number of nitrogens with zero attached hydrogens (tertiary/aromatic N) is 4. The number of hydrogen-bond donors (Lipinski definition) is 1. The van der Waals surface area contributed by atoms with Gasteiger partial charge in [-0.25, -0.2) is 4.98 Å². The molecule has 0 saturated heterocycles. The van der Waals surface area contributed by atoms with Gasteiger partial charge in [-0.3, -0.25) is 4.68 Å². The fourth-order valence-electron chi connectivity index (χ4n) is 2.00. The molecule has 0 saturated carbocycles. The van der Waals surface area contributed by atoms with Gasteiger partial charge in [0.15, 0.2) is 0 Å². The van der Waals surface area contributed by atoms with Crippen molar-refractivity contribution in [2.75, 3.05) is 0 Å². The van der Waals surface area contributed by atoms with E-state index in [4.69, 9.17) is 17.3 Å². The highest BCUT2D eigenvalue weighted by atomic mass is 35.5. The summed E-state index contributed by atoms with van der Waals surface area (Å²) < 4.78 is 3.79. The van der Waals surface area contributed by atoms with Crippen LogP contribution in [-0.2, 0) is 20.0 Å². The van der Waals surface area contributed by atoms with Crippen LogP contribution in [0.25, 0.3) is 0 Å². The van der Waals surface area contributed by atoms with Crippen LogP contribution in [0.4, 0.5) is 0 Å². The molecule has 98 valence electrons. The zero-order valence-corrected chi connectivity index (χ0v) is 11.6. The fourth-order valence-corrected chi connectivity index (χ4v) is 2.21. The van der Waals surface area contributed by atoms with Crippen LogP contribution >= 0.6 is 11.6 Å².